The van der Waals surface area contributed by atoms with Crippen molar-refractivity contribution < 1.29 is 4.79 Å². The van der Waals surface area contributed by atoms with Gasteiger partial charge in [0.05, 0.1) is 29.4 Å². The van der Waals surface area contributed by atoms with E-state index in [9.17, 15) is 4.79 Å². The number of fused-ring (bicyclic) bond motifs is 3. The number of piperazine rings is 1. The number of nitrogens with zero attached hydrogens (tertiary/aromatic N) is 6. The standard InChI is InChI=1S/C18H19N7O/c1-11-6-21-15(7-20-11)18(26)25-12-2-3-13(25)9-24(8-12)17-14-4-5-19-16(14)22-10-23-17/h4-7,10,12-13H,2-3,8-9H2,1H3,(H,19,22,23)/t12-,13+. The number of aromatic nitrogens is 5. The highest BCUT2D eigenvalue weighted by Crippen LogP contribution is 2.34. The average molecular weight is 349 g/mol. The van der Waals surface area contributed by atoms with Crippen molar-refractivity contribution in [3.8, 4) is 0 Å². The van der Waals surface area contributed by atoms with Gasteiger partial charge in [-0.25, -0.2) is 15.0 Å². The molecular formula is C18H19N7O. The number of amides is 1. The number of anilines is 1. The number of carbonyl (C=O) groups excluding carboxylic acids is 1. The average Bonchev–Trinajstić information content (AvgIpc) is 3.23. The number of hydrogen-bond acceptors (Lipinski definition) is 6. The first-order chi connectivity index (χ1) is 12.7. The van der Waals surface area contributed by atoms with Crippen molar-refractivity contribution in [2.45, 2.75) is 31.8 Å². The van der Waals surface area contributed by atoms with Crippen LogP contribution < -0.4 is 4.90 Å². The smallest absolute Gasteiger partial charge is 0.274 e. The van der Waals surface area contributed by atoms with Crippen LogP contribution in [0.1, 0.15) is 29.0 Å². The number of aromatic amines is 1. The molecule has 0 aliphatic carbocycles. The molecule has 0 saturated carbocycles. The minimum absolute atomic E-state index is 0.0147. The Morgan fingerprint density at radius 2 is 1.92 bits per heavy atom. The quantitative estimate of drug-likeness (QED) is 0.755. The molecule has 0 spiro atoms. The lowest BCUT2D eigenvalue weighted by Crippen LogP contribution is -2.56. The first kappa shape index (κ1) is 15.2. The normalized spacial score (nSPS) is 22.2. The van der Waals surface area contributed by atoms with E-state index in [1.807, 2.05) is 24.1 Å². The zero-order valence-corrected chi connectivity index (χ0v) is 14.5. The SMILES string of the molecule is Cc1cnc(C(=O)N2[C@@H]3CC[C@H]2CN(c2ncnc4[nH]ccc24)C3)cn1. The molecule has 3 aromatic heterocycles. The Labute approximate surface area is 150 Å². The molecule has 3 aromatic rings. The summed E-state index contributed by atoms with van der Waals surface area (Å²) in [7, 11) is 0. The van der Waals surface area contributed by atoms with Crippen LogP contribution in [-0.2, 0) is 0 Å². The van der Waals surface area contributed by atoms with Crippen molar-refractivity contribution in [2.24, 2.45) is 0 Å². The third-order valence-corrected chi connectivity index (χ3v) is 5.35. The lowest BCUT2D eigenvalue weighted by molar-refractivity contribution is 0.0634. The molecule has 2 fully saturated rings. The van der Waals surface area contributed by atoms with Gasteiger partial charge in [-0.1, -0.05) is 0 Å². The van der Waals surface area contributed by atoms with Gasteiger partial charge in [0.2, 0.25) is 0 Å². The summed E-state index contributed by atoms with van der Waals surface area (Å²) < 4.78 is 0. The maximum Gasteiger partial charge on any atom is 0.274 e. The molecule has 5 rings (SSSR count). The zero-order chi connectivity index (χ0) is 17.7. The fourth-order valence-corrected chi connectivity index (χ4v) is 4.15. The number of nitrogens with one attached hydrogen (secondary N) is 1. The fraction of sp³-hybridized carbons (Fsp3) is 0.389. The van der Waals surface area contributed by atoms with E-state index in [2.05, 4.69) is 29.8 Å². The number of aryl methyl sites for hydroxylation is 1. The van der Waals surface area contributed by atoms with Gasteiger partial charge < -0.3 is 14.8 Å². The second-order valence-electron chi connectivity index (χ2n) is 6.98. The molecule has 2 aliphatic heterocycles. The van der Waals surface area contributed by atoms with E-state index in [-0.39, 0.29) is 18.0 Å². The lowest BCUT2D eigenvalue weighted by Gasteiger charge is -2.41. The first-order valence-electron chi connectivity index (χ1n) is 8.85. The molecule has 1 amide bonds. The van der Waals surface area contributed by atoms with Crippen LogP contribution in [-0.4, -0.2) is 60.9 Å². The highest BCUT2D eigenvalue weighted by Gasteiger charge is 2.43. The molecule has 2 bridgehead atoms. The molecule has 2 aliphatic rings. The Balaban J connectivity index is 1.42. The topological polar surface area (TPSA) is 90.9 Å². The Kier molecular flexibility index (Phi) is 3.37. The minimum Gasteiger partial charge on any atom is -0.352 e. The monoisotopic (exact) mass is 349 g/mol. The van der Waals surface area contributed by atoms with Crippen LogP contribution in [0.25, 0.3) is 11.0 Å². The van der Waals surface area contributed by atoms with Gasteiger partial charge in [0, 0.05) is 25.5 Å². The zero-order valence-electron chi connectivity index (χ0n) is 14.5. The molecule has 0 radical (unpaired) electrons. The van der Waals surface area contributed by atoms with Crippen LogP contribution in [0.5, 0.6) is 0 Å². The Morgan fingerprint density at radius 1 is 1.12 bits per heavy atom. The van der Waals surface area contributed by atoms with Crippen LogP contribution in [0.2, 0.25) is 0 Å². The second-order valence-corrected chi connectivity index (χ2v) is 6.98. The van der Waals surface area contributed by atoms with Crippen LogP contribution in [0.3, 0.4) is 0 Å². The summed E-state index contributed by atoms with van der Waals surface area (Å²) in [5.41, 5.74) is 2.08. The predicted molar refractivity (Wildman–Crippen MR) is 95.9 cm³/mol. The van der Waals surface area contributed by atoms with Gasteiger partial charge in [-0.2, -0.15) is 0 Å². The maximum atomic E-state index is 13.0. The van der Waals surface area contributed by atoms with Crippen molar-refractivity contribution >= 4 is 22.8 Å². The van der Waals surface area contributed by atoms with Crippen molar-refractivity contribution in [1.29, 1.82) is 0 Å². The largest absolute Gasteiger partial charge is 0.352 e. The molecule has 0 unspecified atom stereocenters. The molecule has 0 aromatic carbocycles. The van der Waals surface area contributed by atoms with Gasteiger partial charge in [-0.05, 0) is 25.8 Å². The Morgan fingerprint density at radius 3 is 2.65 bits per heavy atom. The van der Waals surface area contributed by atoms with E-state index in [1.54, 1.807) is 18.7 Å². The molecule has 5 heterocycles. The number of hydrogen-bond donors (Lipinski definition) is 1. The van der Waals surface area contributed by atoms with E-state index in [0.717, 1.165) is 48.5 Å². The third kappa shape index (κ3) is 2.33. The number of rotatable bonds is 2. The van der Waals surface area contributed by atoms with Crippen LogP contribution in [0.15, 0.2) is 31.0 Å². The van der Waals surface area contributed by atoms with Gasteiger partial charge in [-0.3, -0.25) is 9.78 Å². The lowest BCUT2D eigenvalue weighted by atomic mass is 10.1. The molecule has 8 nitrogen and oxygen atoms in total. The Bertz CT molecular complexity index is 953. The summed E-state index contributed by atoms with van der Waals surface area (Å²) in [5.74, 6) is 0.925. The summed E-state index contributed by atoms with van der Waals surface area (Å²) in [6.07, 6.45) is 8.72. The van der Waals surface area contributed by atoms with Crippen LogP contribution in [0, 0.1) is 6.92 Å². The molecule has 8 heteroatoms. The number of H-pyrrole nitrogens is 1. The Hall–Kier alpha value is -3.03. The van der Waals surface area contributed by atoms with Crippen molar-refractivity contribution in [3.05, 3.63) is 42.4 Å². The second kappa shape index (κ2) is 5.76. The minimum atomic E-state index is -0.0147. The van der Waals surface area contributed by atoms with Crippen molar-refractivity contribution in [1.82, 2.24) is 29.8 Å². The first-order valence-corrected chi connectivity index (χ1v) is 8.85. The van der Waals surface area contributed by atoms with E-state index >= 15 is 0 Å². The molecule has 1 N–H and O–H groups in total. The van der Waals surface area contributed by atoms with Gasteiger partial charge in [0.25, 0.3) is 5.91 Å². The molecule has 132 valence electrons. The van der Waals surface area contributed by atoms with Gasteiger partial charge >= 0.3 is 0 Å². The van der Waals surface area contributed by atoms with Crippen molar-refractivity contribution in [2.75, 3.05) is 18.0 Å². The maximum absolute atomic E-state index is 13.0. The van der Waals surface area contributed by atoms with Crippen LogP contribution >= 0.6 is 0 Å². The molecule has 2 saturated heterocycles. The summed E-state index contributed by atoms with van der Waals surface area (Å²) in [4.78, 5) is 37.6. The summed E-state index contributed by atoms with van der Waals surface area (Å²) >= 11 is 0. The highest BCUT2D eigenvalue weighted by molar-refractivity contribution is 5.93. The van der Waals surface area contributed by atoms with E-state index in [4.69, 9.17) is 0 Å². The molecular weight excluding hydrogens is 330 g/mol. The van der Waals surface area contributed by atoms with Gasteiger partial charge in [0.15, 0.2) is 0 Å². The van der Waals surface area contributed by atoms with Crippen LogP contribution in [0.4, 0.5) is 5.82 Å². The van der Waals surface area contributed by atoms with Gasteiger partial charge in [-0.15, -0.1) is 0 Å². The fourth-order valence-electron chi connectivity index (χ4n) is 4.15. The molecule has 2 atom stereocenters. The predicted octanol–water partition coefficient (Wildman–Crippen LogP) is 1.55. The van der Waals surface area contributed by atoms with E-state index in [1.165, 1.54) is 0 Å². The van der Waals surface area contributed by atoms with E-state index in [0.29, 0.717) is 5.69 Å². The number of carbonyl (C=O) groups is 1. The van der Waals surface area contributed by atoms with E-state index < -0.39 is 0 Å². The third-order valence-electron chi connectivity index (χ3n) is 5.35. The summed E-state index contributed by atoms with van der Waals surface area (Å²) in [6, 6.07) is 2.35. The summed E-state index contributed by atoms with van der Waals surface area (Å²) in [6.45, 7) is 3.42. The highest BCUT2D eigenvalue weighted by atomic mass is 16.2. The van der Waals surface area contributed by atoms with Gasteiger partial charge in [0.1, 0.15) is 23.5 Å². The van der Waals surface area contributed by atoms with Crippen molar-refractivity contribution in [3.63, 3.8) is 0 Å². The summed E-state index contributed by atoms with van der Waals surface area (Å²) in [5, 5.41) is 1.02. The molecule has 26 heavy (non-hydrogen) atoms.